The second kappa shape index (κ2) is 14.7. The number of aryl methyl sites for hydroxylation is 2. The number of aliphatic hydroxyl groups is 1. The monoisotopic (exact) mass is 827 g/mol. The topological polar surface area (TPSA) is 145 Å². The Kier molecular flexibility index (Phi) is 10.2. The molecule has 0 aliphatic heterocycles. The summed E-state index contributed by atoms with van der Waals surface area (Å²) in [5.41, 5.74) is -4.18. The fraction of sp³-hybridized carbons (Fsp3) is 0.289. The van der Waals surface area contributed by atoms with Crippen molar-refractivity contribution >= 4 is 33.7 Å². The maximum atomic E-state index is 15.2. The Balaban J connectivity index is 1.41. The second-order valence-electron chi connectivity index (χ2n) is 14.1. The molecule has 1 aliphatic carbocycles. The van der Waals surface area contributed by atoms with Crippen LogP contribution >= 0.6 is 0 Å². The summed E-state index contributed by atoms with van der Waals surface area (Å²) in [7, 11) is 1.47. The number of anilines is 1. The Morgan fingerprint density at radius 2 is 1.78 bits per heavy atom. The summed E-state index contributed by atoms with van der Waals surface area (Å²) in [5.74, 6) is -0.262. The molecule has 20 heteroatoms. The SMILES string of the molecule is Cn1cc(S(=O)Nc2nn(C)c3c(-c4ccc(C#CC(C)(C)O)nc4C(Cc4cc(F)cc(F)c4)NC(=O)n4nc(C(F)(F)F)c5c4C(F)(F)CC5)cccc23)cn1. The van der Waals surface area contributed by atoms with Crippen molar-refractivity contribution in [3.8, 4) is 23.0 Å². The highest BCUT2D eigenvalue weighted by Crippen LogP contribution is 2.46. The molecule has 3 N–H and O–H groups in total. The maximum Gasteiger partial charge on any atom is 0.435 e. The van der Waals surface area contributed by atoms with Crippen LogP contribution in [0, 0.1) is 23.5 Å². The van der Waals surface area contributed by atoms with Gasteiger partial charge in [-0.05, 0) is 68.5 Å². The number of para-hydroxylation sites is 1. The minimum Gasteiger partial charge on any atom is -0.378 e. The number of alkyl halides is 5. The van der Waals surface area contributed by atoms with Crippen molar-refractivity contribution in [3.63, 3.8) is 0 Å². The molecule has 2 unspecified atom stereocenters. The number of pyridine rings is 1. The Morgan fingerprint density at radius 3 is 2.43 bits per heavy atom. The van der Waals surface area contributed by atoms with E-state index < -0.39 is 88.6 Å². The molecule has 1 aliphatic rings. The molecule has 302 valence electrons. The summed E-state index contributed by atoms with van der Waals surface area (Å²) in [4.78, 5) is 19.1. The van der Waals surface area contributed by atoms with Gasteiger partial charge in [-0.2, -0.15) is 41.9 Å². The lowest BCUT2D eigenvalue weighted by Gasteiger charge is -2.23. The van der Waals surface area contributed by atoms with E-state index in [1.807, 2.05) is 0 Å². The van der Waals surface area contributed by atoms with Crippen LogP contribution in [0.3, 0.4) is 0 Å². The average molecular weight is 828 g/mol. The molecular formula is C38H32F7N9O3S. The smallest absolute Gasteiger partial charge is 0.378 e. The van der Waals surface area contributed by atoms with E-state index in [1.54, 1.807) is 44.6 Å². The molecule has 58 heavy (non-hydrogen) atoms. The third kappa shape index (κ3) is 8.04. The molecule has 0 fully saturated rings. The van der Waals surface area contributed by atoms with Crippen LogP contribution in [0.15, 0.2) is 65.8 Å². The van der Waals surface area contributed by atoms with Crippen LogP contribution in [0.4, 0.5) is 41.3 Å². The molecule has 0 bridgehead atoms. The van der Waals surface area contributed by atoms with E-state index in [-0.39, 0.29) is 33.0 Å². The number of hydrogen-bond donors (Lipinski definition) is 3. The number of nitrogens with one attached hydrogen (secondary N) is 2. The van der Waals surface area contributed by atoms with Gasteiger partial charge in [-0.15, -0.1) is 0 Å². The van der Waals surface area contributed by atoms with Gasteiger partial charge in [-0.1, -0.05) is 18.1 Å². The van der Waals surface area contributed by atoms with Crippen LogP contribution in [0.5, 0.6) is 0 Å². The molecule has 6 aromatic rings. The maximum absolute atomic E-state index is 15.2. The highest BCUT2D eigenvalue weighted by molar-refractivity contribution is 7.86. The van der Waals surface area contributed by atoms with Gasteiger partial charge >= 0.3 is 12.2 Å². The van der Waals surface area contributed by atoms with Gasteiger partial charge in [0, 0.05) is 54.9 Å². The van der Waals surface area contributed by atoms with Crippen LogP contribution in [-0.2, 0) is 50.0 Å². The highest BCUT2D eigenvalue weighted by atomic mass is 32.2. The molecule has 0 radical (unpaired) electrons. The fourth-order valence-corrected chi connectivity index (χ4v) is 7.59. The lowest BCUT2D eigenvalue weighted by molar-refractivity contribution is -0.142. The summed E-state index contributed by atoms with van der Waals surface area (Å²) in [6.07, 6.45) is -4.34. The Labute approximate surface area is 327 Å². The number of nitrogens with zero attached hydrogens (tertiary/aromatic N) is 7. The van der Waals surface area contributed by atoms with Crippen molar-refractivity contribution in [3.05, 3.63) is 106 Å². The van der Waals surface area contributed by atoms with Gasteiger partial charge in [-0.3, -0.25) is 14.1 Å². The second-order valence-corrected chi connectivity index (χ2v) is 15.3. The number of rotatable bonds is 8. The zero-order chi connectivity index (χ0) is 41.9. The largest absolute Gasteiger partial charge is 0.435 e. The van der Waals surface area contributed by atoms with Gasteiger partial charge in [-0.25, -0.2) is 22.8 Å². The predicted molar refractivity (Wildman–Crippen MR) is 197 cm³/mol. The quantitative estimate of drug-likeness (QED) is 0.115. The Bertz CT molecular complexity index is 2670. The zero-order valence-corrected chi connectivity index (χ0v) is 31.7. The summed E-state index contributed by atoms with van der Waals surface area (Å²) in [6, 6.07) is 7.56. The molecular weight excluding hydrogens is 796 g/mol. The normalized spacial score (nSPS) is 14.8. The molecule has 2 atom stereocenters. The van der Waals surface area contributed by atoms with E-state index >= 15 is 8.78 Å². The van der Waals surface area contributed by atoms with Crippen molar-refractivity contribution in [2.75, 3.05) is 4.72 Å². The van der Waals surface area contributed by atoms with Gasteiger partial charge in [0.15, 0.2) is 22.5 Å². The molecule has 12 nitrogen and oxygen atoms in total. The standard InChI is InChI=1S/C38H32F7N9O3S/c1-36(2,56)12-10-23-8-9-25(26-6-5-7-27-31(26)53(4)50-34(27)51-58(57)24-18-46-52(3)19-24)30(47-23)29(16-20-14-21(39)17-22(40)15-20)48-35(55)54-33-28(11-13-37(33,41)42)32(49-54)38(43,44)45/h5-9,14-15,17-19,29,56H,11,13,16H2,1-4H3,(H,48,55)(H,50,51). The van der Waals surface area contributed by atoms with Crippen molar-refractivity contribution in [1.29, 1.82) is 0 Å². The Hall–Kier alpha value is -6.07. The minimum atomic E-state index is -5.17. The summed E-state index contributed by atoms with van der Waals surface area (Å²) in [6.45, 7) is 2.83. The van der Waals surface area contributed by atoms with E-state index in [0.717, 1.165) is 12.1 Å². The van der Waals surface area contributed by atoms with Gasteiger partial charge < -0.3 is 10.4 Å². The molecule has 4 heterocycles. The fourth-order valence-electron chi connectivity index (χ4n) is 6.75. The molecule has 7 rings (SSSR count). The first-order valence-corrected chi connectivity index (χ1v) is 18.6. The summed E-state index contributed by atoms with van der Waals surface area (Å²) >= 11 is 0. The van der Waals surface area contributed by atoms with E-state index in [0.29, 0.717) is 27.4 Å². The molecule has 2 aromatic carbocycles. The van der Waals surface area contributed by atoms with Gasteiger partial charge in [0.25, 0.3) is 5.92 Å². The van der Waals surface area contributed by atoms with Crippen molar-refractivity contribution < 1.29 is 44.8 Å². The number of carbonyl (C=O) groups excluding carboxylic acids is 1. The first-order chi connectivity index (χ1) is 27.2. The third-order valence-corrected chi connectivity index (χ3v) is 10.1. The van der Waals surface area contributed by atoms with E-state index in [2.05, 4.69) is 42.2 Å². The van der Waals surface area contributed by atoms with Crippen LogP contribution in [0.2, 0.25) is 0 Å². The van der Waals surface area contributed by atoms with Crippen molar-refractivity contribution in [1.82, 2.24) is 39.6 Å². The number of amides is 1. The van der Waals surface area contributed by atoms with Gasteiger partial charge in [0.1, 0.15) is 28.6 Å². The number of aromatic nitrogens is 7. The van der Waals surface area contributed by atoms with E-state index in [9.17, 15) is 36.1 Å². The number of benzene rings is 2. The Morgan fingerprint density at radius 1 is 1.05 bits per heavy atom. The van der Waals surface area contributed by atoms with Crippen molar-refractivity contribution in [2.45, 2.75) is 61.7 Å². The summed E-state index contributed by atoms with van der Waals surface area (Å²) < 4.78 is 121. The molecule has 1 amide bonds. The van der Waals surface area contributed by atoms with Crippen LogP contribution in [-0.4, -0.2) is 55.3 Å². The number of fused-ring (bicyclic) bond motifs is 2. The van der Waals surface area contributed by atoms with Crippen LogP contribution < -0.4 is 10.0 Å². The van der Waals surface area contributed by atoms with Gasteiger partial charge in [0.05, 0.1) is 28.3 Å². The average Bonchev–Trinajstić information content (AvgIpc) is 3.90. The molecule has 0 saturated heterocycles. The van der Waals surface area contributed by atoms with Gasteiger partial charge in [0.2, 0.25) is 0 Å². The van der Waals surface area contributed by atoms with E-state index in [4.69, 9.17) is 0 Å². The number of hydrogen-bond acceptors (Lipinski definition) is 7. The predicted octanol–water partition coefficient (Wildman–Crippen LogP) is 6.70. The third-order valence-electron chi connectivity index (χ3n) is 9.13. The number of halogens is 7. The lowest BCUT2D eigenvalue weighted by atomic mass is 9.94. The highest BCUT2D eigenvalue weighted by Gasteiger charge is 2.51. The van der Waals surface area contributed by atoms with E-state index in [1.165, 1.54) is 35.5 Å². The van der Waals surface area contributed by atoms with Crippen LogP contribution in [0.1, 0.15) is 60.2 Å². The first kappa shape index (κ1) is 40.1. The molecule has 0 saturated carbocycles. The summed E-state index contributed by atoms with van der Waals surface area (Å²) in [5, 5.41) is 25.1. The van der Waals surface area contributed by atoms with Crippen LogP contribution in [0.25, 0.3) is 22.0 Å². The molecule has 4 aromatic heterocycles. The van der Waals surface area contributed by atoms with Crippen molar-refractivity contribution in [2.24, 2.45) is 14.1 Å². The zero-order valence-electron chi connectivity index (χ0n) is 30.9. The number of carbonyl (C=O) groups is 1. The minimum absolute atomic E-state index is 0.0237. The molecule has 0 spiro atoms. The lowest BCUT2D eigenvalue weighted by Crippen LogP contribution is -2.37. The first-order valence-electron chi connectivity index (χ1n) is 17.4.